The van der Waals surface area contributed by atoms with Crippen molar-refractivity contribution in [3.05, 3.63) is 48.6 Å². The van der Waals surface area contributed by atoms with Crippen LogP contribution in [0.25, 0.3) is 0 Å². The van der Waals surface area contributed by atoms with Crippen molar-refractivity contribution < 1.29 is 29.3 Å². The normalized spacial score (nSPS) is 33.4. The summed E-state index contributed by atoms with van der Waals surface area (Å²) < 4.78 is 6.31. The molecule has 3 heterocycles. The van der Waals surface area contributed by atoms with E-state index in [0.29, 0.717) is 19.4 Å². The van der Waals surface area contributed by atoms with E-state index in [1.165, 1.54) is 4.90 Å². The summed E-state index contributed by atoms with van der Waals surface area (Å²) in [4.78, 5) is 42.2. The molecule has 0 saturated carbocycles. The van der Waals surface area contributed by atoms with Gasteiger partial charge in [0.05, 0.1) is 24.0 Å². The Labute approximate surface area is 181 Å². The van der Waals surface area contributed by atoms with Crippen LogP contribution in [0.2, 0.25) is 0 Å². The van der Waals surface area contributed by atoms with Crippen LogP contribution in [0.3, 0.4) is 0 Å². The fraction of sp³-hybridized carbons (Fsp3) is 0.522. The monoisotopic (exact) mass is 428 g/mol. The maximum Gasteiger partial charge on any atom is 0.310 e. The number of benzene rings is 1. The molecule has 166 valence electrons. The Bertz CT molecular complexity index is 905. The van der Waals surface area contributed by atoms with Gasteiger partial charge in [-0.3, -0.25) is 14.4 Å². The SMILES string of the molecule is C=CCN(Cc1ccccc1)C(=O)C1N(CCO)C(=O)[C@@H]2[C@H](C(=O)O)[C@]3(C)CCC12O3. The van der Waals surface area contributed by atoms with E-state index in [-0.39, 0.29) is 25.6 Å². The van der Waals surface area contributed by atoms with Gasteiger partial charge in [0.25, 0.3) is 0 Å². The van der Waals surface area contributed by atoms with Gasteiger partial charge in [0.15, 0.2) is 0 Å². The van der Waals surface area contributed by atoms with Crippen LogP contribution in [-0.2, 0) is 25.7 Å². The number of amides is 2. The number of carboxylic acids is 1. The van der Waals surface area contributed by atoms with Crippen LogP contribution in [-0.4, -0.2) is 74.7 Å². The van der Waals surface area contributed by atoms with Crippen LogP contribution < -0.4 is 0 Å². The van der Waals surface area contributed by atoms with E-state index in [0.717, 1.165) is 5.56 Å². The highest BCUT2D eigenvalue weighted by Crippen LogP contribution is 2.63. The van der Waals surface area contributed by atoms with Crippen molar-refractivity contribution in [1.82, 2.24) is 9.80 Å². The second-order valence-corrected chi connectivity index (χ2v) is 8.81. The third-order valence-corrected chi connectivity index (χ3v) is 6.99. The first-order chi connectivity index (χ1) is 14.8. The topological polar surface area (TPSA) is 107 Å². The van der Waals surface area contributed by atoms with Crippen LogP contribution >= 0.6 is 0 Å². The highest BCUT2D eigenvalue weighted by molar-refractivity contribution is 5.98. The first kappa shape index (κ1) is 21.5. The van der Waals surface area contributed by atoms with Gasteiger partial charge in [-0.15, -0.1) is 6.58 Å². The number of carbonyl (C=O) groups is 3. The summed E-state index contributed by atoms with van der Waals surface area (Å²) in [7, 11) is 0. The van der Waals surface area contributed by atoms with Gasteiger partial charge in [-0.2, -0.15) is 0 Å². The molecule has 1 aromatic rings. The van der Waals surface area contributed by atoms with E-state index in [1.807, 2.05) is 30.3 Å². The number of rotatable bonds is 8. The maximum atomic E-state index is 13.9. The zero-order chi connectivity index (χ0) is 22.4. The summed E-state index contributed by atoms with van der Waals surface area (Å²) in [5.74, 6) is -3.79. The van der Waals surface area contributed by atoms with Crippen LogP contribution in [0.5, 0.6) is 0 Å². The van der Waals surface area contributed by atoms with Crippen molar-refractivity contribution in [2.45, 2.75) is 43.6 Å². The first-order valence-electron chi connectivity index (χ1n) is 10.6. The molecular formula is C23H28N2O6. The van der Waals surface area contributed by atoms with E-state index in [9.17, 15) is 24.6 Å². The highest BCUT2D eigenvalue weighted by atomic mass is 16.5. The van der Waals surface area contributed by atoms with E-state index in [2.05, 4.69) is 6.58 Å². The predicted molar refractivity (Wildman–Crippen MR) is 111 cm³/mol. The average Bonchev–Trinajstić information content (AvgIpc) is 3.30. The third kappa shape index (κ3) is 3.16. The number of fused-ring (bicyclic) bond motifs is 1. The summed E-state index contributed by atoms with van der Waals surface area (Å²) in [6.45, 7) is 5.69. The number of nitrogens with zero attached hydrogens (tertiary/aromatic N) is 2. The molecule has 0 aliphatic carbocycles. The Hall–Kier alpha value is -2.71. The minimum absolute atomic E-state index is 0.0484. The minimum Gasteiger partial charge on any atom is -0.481 e. The standard InChI is InChI=1S/C23H28N2O6/c1-3-11-24(14-15-7-5-4-6-8-15)20(28)18-23-10-9-22(2,31-23)17(21(29)30)16(23)19(27)25(18)12-13-26/h3-8,16-18,26H,1,9-14H2,2H3,(H,29,30)/t16-,17+,18?,22-,23?/m0/s1. The number of hydrogen-bond acceptors (Lipinski definition) is 5. The molecule has 3 aliphatic heterocycles. The molecule has 4 rings (SSSR count). The second kappa shape index (κ2) is 7.76. The quantitative estimate of drug-likeness (QED) is 0.599. The number of β-amino-alcohol motifs (C(OH)–C–C–N with tert-alkyl or cyclic N) is 1. The van der Waals surface area contributed by atoms with Crippen molar-refractivity contribution in [1.29, 1.82) is 0 Å². The molecule has 2 N–H and O–H groups in total. The zero-order valence-electron chi connectivity index (χ0n) is 17.6. The number of ether oxygens (including phenoxy) is 1. The van der Waals surface area contributed by atoms with Gasteiger partial charge in [0.2, 0.25) is 11.8 Å². The van der Waals surface area contributed by atoms with Crippen molar-refractivity contribution >= 4 is 17.8 Å². The number of aliphatic carboxylic acids is 1. The third-order valence-electron chi connectivity index (χ3n) is 6.99. The van der Waals surface area contributed by atoms with Crippen LogP contribution in [0, 0.1) is 11.8 Å². The lowest BCUT2D eigenvalue weighted by atomic mass is 9.66. The molecule has 2 unspecified atom stereocenters. The Balaban J connectivity index is 1.74. The summed E-state index contributed by atoms with van der Waals surface area (Å²) in [6.07, 6.45) is 2.51. The molecular weight excluding hydrogens is 400 g/mol. The summed E-state index contributed by atoms with van der Waals surface area (Å²) in [5, 5.41) is 19.5. The molecule has 3 saturated heterocycles. The molecule has 5 atom stereocenters. The molecule has 0 radical (unpaired) electrons. The Morgan fingerprint density at radius 1 is 1.32 bits per heavy atom. The molecule has 8 heteroatoms. The van der Waals surface area contributed by atoms with E-state index < -0.39 is 41.0 Å². The van der Waals surface area contributed by atoms with Gasteiger partial charge >= 0.3 is 5.97 Å². The molecule has 31 heavy (non-hydrogen) atoms. The van der Waals surface area contributed by atoms with E-state index in [1.54, 1.807) is 17.9 Å². The van der Waals surface area contributed by atoms with Crippen molar-refractivity contribution in [2.24, 2.45) is 11.8 Å². The summed E-state index contributed by atoms with van der Waals surface area (Å²) >= 11 is 0. The van der Waals surface area contributed by atoms with Crippen LogP contribution in [0.1, 0.15) is 25.3 Å². The van der Waals surface area contributed by atoms with E-state index in [4.69, 9.17) is 4.74 Å². The fourth-order valence-electron chi connectivity index (χ4n) is 5.79. The van der Waals surface area contributed by atoms with Gasteiger partial charge < -0.3 is 24.7 Å². The number of aliphatic hydroxyl groups excluding tert-OH is 1. The molecule has 3 fully saturated rings. The van der Waals surface area contributed by atoms with Crippen molar-refractivity contribution in [2.75, 3.05) is 19.7 Å². The fourth-order valence-corrected chi connectivity index (χ4v) is 5.79. The van der Waals surface area contributed by atoms with Gasteiger partial charge in [-0.25, -0.2) is 0 Å². The van der Waals surface area contributed by atoms with Crippen LogP contribution in [0.4, 0.5) is 0 Å². The maximum absolute atomic E-state index is 13.9. The second-order valence-electron chi connectivity index (χ2n) is 8.81. The van der Waals surface area contributed by atoms with Gasteiger partial charge in [-0.05, 0) is 25.3 Å². The Morgan fingerprint density at radius 2 is 2.03 bits per heavy atom. The van der Waals surface area contributed by atoms with E-state index >= 15 is 0 Å². The van der Waals surface area contributed by atoms with Crippen molar-refractivity contribution in [3.63, 3.8) is 0 Å². The summed E-state index contributed by atoms with van der Waals surface area (Å²) in [5.41, 5.74) is -1.26. The molecule has 2 bridgehead atoms. The zero-order valence-corrected chi connectivity index (χ0v) is 17.6. The molecule has 2 amide bonds. The minimum atomic E-state index is -1.20. The largest absolute Gasteiger partial charge is 0.481 e. The number of likely N-dealkylation sites (tertiary alicyclic amines) is 1. The molecule has 3 aliphatic rings. The lowest BCUT2D eigenvalue weighted by Crippen LogP contribution is -2.56. The van der Waals surface area contributed by atoms with Crippen molar-refractivity contribution in [3.8, 4) is 0 Å². The predicted octanol–water partition coefficient (Wildman–Crippen LogP) is 1.04. The molecule has 1 spiro atoms. The van der Waals surface area contributed by atoms with Gasteiger partial charge in [0.1, 0.15) is 11.6 Å². The summed E-state index contributed by atoms with van der Waals surface area (Å²) in [6, 6.07) is 8.51. The van der Waals surface area contributed by atoms with Crippen LogP contribution in [0.15, 0.2) is 43.0 Å². The Morgan fingerprint density at radius 3 is 2.65 bits per heavy atom. The average molecular weight is 428 g/mol. The molecule has 1 aromatic carbocycles. The highest BCUT2D eigenvalue weighted by Gasteiger charge is 2.78. The lowest BCUT2D eigenvalue weighted by molar-refractivity contribution is -0.156. The lowest BCUT2D eigenvalue weighted by Gasteiger charge is -2.36. The number of carboxylic acid groups (broad SMARTS) is 1. The Kier molecular flexibility index (Phi) is 5.39. The number of carbonyl (C=O) groups excluding carboxylic acids is 2. The smallest absolute Gasteiger partial charge is 0.310 e. The number of aliphatic hydroxyl groups is 1. The number of hydrogen-bond donors (Lipinski definition) is 2. The molecule has 0 aromatic heterocycles. The first-order valence-corrected chi connectivity index (χ1v) is 10.6. The molecule has 8 nitrogen and oxygen atoms in total. The van der Waals surface area contributed by atoms with Gasteiger partial charge in [-0.1, -0.05) is 36.4 Å². The van der Waals surface area contributed by atoms with Gasteiger partial charge in [0, 0.05) is 19.6 Å².